The number of imide groups is 1. The van der Waals surface area contributed by atoms with E-state index >= 15 is 0 Å². The number of amides is 3. The summed E-state index contributed by atoms with van der Waals surface area (Å²) >= 11 is 7.00. The SMILES string of the molecule is C=CCNC(=O)NC(=O)CSc1nnc(COc2ccc(Cl)cc2)n1C. The van der Waals surface area contributed by atoms with E-state index < -0.39 is 11.9 Å². The maximum absolute atomic E-state index is 11.7. The van der Waals surface area contributed by atoms with Gasteiger partial charge in [-0.15, -0.1) is 16.8 Å². The fourth-order valence-corrected chi connectivity index (χ4v) is 2.63. The minimum atomic E-state index is -0.564. The van der Waals surface area contributed by atoms with Crippen molar-refractivity contribution in [2.45, 2.75) is 11.8 Å². The second kappa shape index (κ2) is 9.83. The molecule has 0 saturated heterocycles. The van der Waals surface area contributed by atoms with E-state index in [2.05, 4.69) is 27.4 Å². The van der Waals surface area contributed by atoms with E-state index in [-0.39, 0.29) is 18.9 Å². The highest BCUT2D eigenvalue weighted by Gasteiger charge is 2.13. The molecule has 1 aromatic carbocycles. The van der Waals surface area contributed by atoms with Gasteiger partial charge < -0.3 is 14.6 Å². The lowest BCUT2D eigenvalue weighted by Crippen LogP contribution is -2.40. The molecule has 0 radical (unpaired) electrons. The number of halogens is 1. The van der Waals surface area contributed by atoms with Gasteiger partial charge in [-0.25, -0.2) is 4.79 Å². The van der Waals surface area contributed by atoms with E-state index in [4.69, 9.17) is 16.3 Å². The van der Waals surface area contributed by atoms with E-state index in [0.717, 1.165) is 0 Å². The van der Waals surface area contributed by atoms with Crippen molar-refractivity contribution < 1.29 is 14.3 Å². The zero-order valence-corrected chi connectivity index (χ0v) is 15.6. The molecule has 1 heterocycles. The number of nitrogens with zero attached hydrogens (tertiary/aromatic N) is 3. The summed E-state index contributed by atoms with van der Waals surface area (Å²) in [6.07, 6.45) is 1.52. The van der Waals surface area contributed by atoms with Gasteiger partial charge >= 0.3 is 6.03 Å². The Kier molecular flexibility index (Phi) is 7.49. The second-order valence-electron chi connectivity index (χ2n) is 5.04. The Balaban J connectivity index is 1.82. The van der Waals surface area contributed by atoms with Crippen LogP contribution in [0.4, 0.5) is 4.79 Å². The molecule has 3 amide bonds. The third-order valence-electron chi connectivity index (χ3n) is 3.10. The number of aromatic nitrogens is 3. The maximum Gasteiger partial charge on any atom is 0.321 e. The molecule has 138 valence electrons. The van der Waals surface area contributed by atoms with Gasteiger partial charge in [0.2, 0.25) is 5.91 Å². The molecule has 0 aliphatic carbocycles. The Morgan fingerprint density at radius 2 is 2.08 bits per heavy atom. The summed E-state index contributed by atoms with van der Waals surface area (Å²) in [4.78, 5) is 23.1. The van der Waals surface area contributed by atoms with Gasteiger partial charge in [-0.05, 0) is 24.3 Å². The molecule has 0 bridgehead atoms. The predicted molar refractivity (Wildman–Crippen MR) is 99.2 cm³/mol. The zero-order chi connectivity index (χ0) is 18.9. The number of nitrogens with one attached hydrogen (secondary N) is 2. The van der Waals surface area contributed by atoms with Gasteiger partial charge in [0, 0.05) is 18.6 Å². The molecule has 2 N–H and O–H groups in total. The lowest BCUT2D eigenvalue weighted by Gasteiger charge is -2.07. The van der Waals surface area contributed by atoms with Crippen LogP contribution in [0.5, 0.6) is 5.75 Å². The average molecular weight is 396 g/mol. The van der Waals surface area contributed by atoms with Crippen LogP contribution >= 0.6 is 23.4 Å². The third kappa shape index (κ3) is 6.08. The van der Waals surface area contributed by atoms with Crippen molar-refractivity contribution in [2.75, 3.05) is 12.3 Å². The van der Waals surface area contributed by atoms with Crippen molar-refractivity contribution in [1.82, 2.24) is 25.4 Å². The summed E-state index contributed by atoms with van der Waals surface area (Å²) in [6, 6.07) is 6.43. The minimum Gasteiger partial charge on any atom is -0.486 e. The molecular weight excluding hydrogens is 378 g/mol. The van der Waals surface area contributed by atoms with E-state index in [1.54, 1.807) is 35.9 Å². The lowest BCUT2D eigenvalue weighted by molar-refractivity contribution is -0.117. The Labute approximate surface area is 160 Å². The highest BCUT2D eigenvalue weighted by Crippen LogP contribution is 2.18. The van der Waals surface area contributed by atoms with Crippen LogP contribution in [0, 0.1) is 0 Å². The fourth-order valence-electron chi connectivity index (χ4n) is 1.78. The minimum absolute atomic E-state index is 0.0333. The van der Waals surface area contributed by atoms with Gasteiger partial charge in [-0.1, -0.05) is 29.4 Å². The summed E-state index contributed by atoms with van der Waals surface area (Å²) in [5, 5.41) is 13.9. The second-order valence-corrected chi connectivity index (χ2v) is 6.41. The highest BCUT2D eigenvalue weighted by atomic mass is 35.5. The number of hydrogen-bond acceptors (Lipinski definition) is 6. The molecule has 0 atom stereocenters. The predicted octanol–water partition coefficient (Wildman–Crippen LogP) is 2.15. The number of ether oxygens (including phenoxy) is 1. The molecule has 1 aromatic heterocycles. The molecule has 0 aliphatic rings. The van der Waals surface area contributed by atoms with Crippen molar-refractivity contribution in [3.05, 3.63) is 47.8 Å². The van der Waals surface area contributed by atoms with Crippen molar-refractivity contribution in [3.8, 4) is 5.75 Å². The first-order chi connectivity index (χ1) is 12.5. The van der Waals surface area contributed by atoms with Gasteiger partial charge in [-0.2, -0.15) is 0 Å². The molecule has 0 aliphatic heterocycles. The number of thioether (sulfide) groups is 1. The van der Waals surface area contributed by atoms with Crippen molar-refractivity contribution in [2.24, 2.45) is 7.05 Å². The first-order valence-corrected chi connectivity index (χ1v) is 8.94. The van der Waals surface area contributed by atoms with Crippen LogP contribution in [-0.4, -0.2) is 39.0 Å². The number of carbonyl (C=O) groups is 2. The first kappa shape index (κ1) is 19.8. The lowest BCUT2D eigenvalue weighted by atomic mass is 10.3. The van der Waals surface area contributed by atoms with E-state index in [0.29, 0.717) is 21.8 Å². The zero-order valence-electron chi connectivity index (χ0n) is 14.1. The average Bonchev–Trinajstić information content (AvgIpc) is 2.97. The Morgan fingerprint density at radius 1 is 1.35 bits per heavy atom. The number of rotatable bonds is 8. The molecule has 0 unspecified atom stereocenters. The molecule has 0 spiro atoms. The number of hydrogen-bond donors (Lipinski definition) is 2. The Hall–Kier alpha value is -2.52. The normalized spacial score (nSPS) is 10.2. The quantitative estimate of drug-likeness (QED) is 0.525. The van der Waals surface area contributed by atoms with Crippen molar-refractivity contribution >= 4 is 35.3 Å². The Morgan fingerprint density at radius 3 is 2.77 bits per heavy atom. The molecule has 0 saturated carbocycles. The summed E-state index contributed by atoms with van der Waals surface area (Å²) in [5.41, 5.74) is 0. The topological polar surface area (TPSA) is 98.1 Å². The molecule has 26 heavy (non-hydrogen) atoms. The molecule has 8 nitrogen and oxygen atoms in total. The molecule has 10 heteroatoms. The Bertz CT molecular complexity index is 779. The van der Waals surface area contributed by atoms with Gasteiger partial charge in [0.25, 0.3) is 0 Å². The van der Waals surface area contributed by atoms with E-state index in [1.807, 2.05) is 0 Å². The third-order valence-corrected chi connectivity index (χ3v) is 4.37. The monoisotopic (exact) mass is 395 g/mol. The summed E-state index contributed by atoms with van der Waals surface area (Å²) in [7, 11) is 1.78. The van der Waals surface area contributed by atoms with Crippen LogP contribution < -0.4 is 15.4 Å². The largest absolute Gasteiger partial charge is 0.486 e. The first-order valence-electron chi connectivity index (χ1n) is 7.57. The van der Waals surface area contributed by atoms with Crippen molar-refractivity contribution in [1.29, 1.82) is 0 Å². The van der Waals surface area contributed by atoms with E-state index in [1.165, 1.54) is 17.8 Å². The maximum atomic E-state index is 11.7. The summed E-state index contributed by atoms with van der Waals surface area (Å²) in [5.74, 6) is 0.868. The number of urea groups is 1. The summed E-state index contributed by atoms with van der Waals surface area (Å²) in [6.45, 7) is 3.98. The van der Waals surface area contributed by atoms with Crippen LogP contribution in [0.15, 0.2) is 42.1 Å². The van der Waals surface area contributed by atoms with E-state index in [9.17, 15) is 9.59 Å². The van der Waals surface area contributed by atoms with Crippen LogP contribution in [-0.2, 0) is 18.4 Å². The van der Waals surface area contributed by atoms with Gasteiger partial charge in [0.15, 0.2) is 11.0 Å². The van der Waals surface area contributed by atoms with Gasteiger partial charge in [-0.3, -0.25) is 10.1 Å². The molecular formula is C16H18ClN5O3S. The van der Waals surface area contributed by atoms with Gasteiger partial charge in [0.05, 0.1) is 5.75 Å². The number of benzene rings is 1. The smallest absolute Gasteiger partial charge is 0.321 e. The molecule has 2 aromatic rings. The standard InChI is InChI=1S/C16H18ClN5O3S/c1-3-8-18-15(24)19-14(23)10-26-16-21-20-13(22(16)2)9-25-12-6-4-11(17)5-7-12/h3-7H,1,8-10H2,2H3,(H2,18,19,23,24). The van der Waals surface area contributed by atoms with Crippen molar-refractivity contribution in [3.63, 3.8) is 0 Å². The van der Waals surface area contributed by atoms with Crippen LogP contribution in [0.1, 0.15) is 5.82 Å². The molecule has 0 fully saturated rings. The molecule has 2 rings (SSSR count). The highest BCUT2D eigenvalue weighted by molar-refractivity contribution is 7.99. The van der Waals surface area contributed by atoms with Crippen LogP contribution in [0.3, 0.4) is 0 Å². The van der Waals surface area contributed by atoms with Crippen LogP contribution in [0.25, 0.3) is 0 Å². The van der Waals surface area contributed by atoms with Crippen LogP contribution in [0.2, 0.25) is 5.02 Å². The fraction of sp³-hybridized carbons (Fsp3) is 0.250. The summed E-state index contributed by atoms with van der Waals surface area (Å²) < 4.78 is 7.35. The van der Waals surface area contributed by atoms with Gasteiger partial charge in [0.1, 0.15) is 12.4 Å². The number of carbonyl (C=O) groups excluding carboxylic acids is 2.